The van der Waals surface area contributed by atoms with E-state index in [9.17, 15) is 5.21 Å². The average molecular weight is 367 g/mol. The first-order chi connectivity index (χ1) is 13.2. The normalized spacial score (nSPS) is 15.2. The summed E-state index contributed by atoms with van der Waals surface area (Å²) >= 11 is 0. The lowest BCUT2D eigenvalue weighted by atomic mass is 9.89. The van der Waals surface area contributed by atoms with Gasteiger partial charge in [0.1, 0.15) is 0 Å². The molecule has 0 spiro atoms. The molecule has 0 bridgehead atoms. The van der Waals surface area contributed by atoms with Gasteiger partial charge in [-0.15, -0.1) is 9.94 Å². The van der Waals surface area contributed by atoms with Gasteiger partial charge in [-0.1, -0.05) is 18.2 Å². The minimum atomic E-state index is 0.451. The van der Waals surface area contributed by atoms with Crippen molar-refractivity contribution in [2.24, 2.45) is 0 Å². The molecule has 0 saturated carbocycles. The minimum absolute atomic E-state index is 0.451. The number of ether oxygens (including phenoxy) is 2. The molecule has 142 valence electrons. The van der Waals surface area contributed by atoms with Crippen LogP contribution in [-0.2, 0) is 6.42 Å². The molecule has 0 radical (unpaired) electrons. The molecule has 6 nitrogen and oxygen atoms in total. The van der Waals surface area contributed by atoms with Crippen molar-refractivity contribution in [3.63, 3.8) is 0 Å². The average Bonchev–Trinajstić information content (AvgIpc) is 3.07. The summed E-state index contributed by atoms with van der Waals surface area (Å²) in [4.78, 5) is 0.960. The molecular weight excluding hydrogens is 342 g/mol. The number of hydrogen-bond donors (Lipinski definition) is 2. The van der Waals surface area contributed by atoms with E-state index in [0.717, 1.165) is 69.9 Å². The summed E-state index contributed by atoms with van der Waals surface area (Å²) in [6.07, 6.45) is 4.61. The van der Waals surface area contributed by atoms with Gasteiger partial charge < -0.3 is 20.0 Å². The number of benzene rings is 2. The Morgan fingerprint density at radius 2 is 1.78 bits per heavy atom. The van der Waals surface area contributed by atoms with Crippen LogP contribution in [0.3, 0.4) is 0 Å². The maximum atomic E-state index is 9.90. The van der Waals surface area contributed by atoms with E-state index >= 15 is 0 Å². The molecule has 27 heavy (non-hydrogen) atoms. The first-order valence-electron chi connectivity index (χ1n) is 9.31. The van der Waals surface area contributed by atoms with Crippen molar-refractivity contribution in [3.05, 3.63) is 53.3 Å². The molecule has 1 aliphatic heterocycles. The van der Waals surface area contributed by atoms with Gasteiger partial charge in [0.15, 0.2) is 11.5 Å². The number of aromatic nitrogens is 2. The van der Waals surface area contributed by atoms with Gasteiger partial charge in [-0.05, 0) is 60.3 Å². The first-order valence-corrected chi connectivity index (χ1v) is 9.31. The Bertz CT molecular complexity index is 945. The molecule has 1 aliphatic rings. The van der Waals surface area contributed by atoms with Crippen LogP contribution in [0.4, 0.5) is 0 Å². The fraction of sp³-hybridized carbons (Fsp3) is 0.381. The number of methoxy groups -OCH3 is 2. The van der Waals surface area contributed by atoms with Crippen molar-refractivity contribution in [1.82, 2.24) is 15.3 Å². The van der Waals surface area contributed by atoms with Gasteiger partial charge in [0, 0.05) is 12.0 Å². The third kappa shape index (κ3) is 3.57. The van der Waals surface area contributed by atoms with Gasteiger partial charge in [0.2, 0.25) is 0 Å². The van der Waals surface area contributed by atoms with Crippen LogP contribution in [0.25, 0.3) is 10.8 Å². The van der Waals surface area contributed by atoms with Crippen molar-refractivity contribution >= 4 is 10.8 Å². The zero-order chi connectivity index (χ0) is 18.8. The Labute approximate surface area is 158 Å². The van der Waals surface area contributed by atoms with Crippen LogP contribution in [-0.4, -0.2) is 42.5 Å². The predicted octanol–water partition coefficient (Wildman–Crippen LogP) is 3.35. The molecule has 2 N–H and O–H groups in total. The molecule has 1 fully saturated rings. The zero-order valence-corrected chi connectivity index (χ0v) is 15.7. The van der Waals surface area contributed by atoms with Crippen LogP contribution in [0.15, 0.2) is 36.5 Å². The van der Waals surface area contributed by atoms with E-state index in [4.69, 9.17) is 9.47 Å². The van der Waals surface area contributed by atoms with Gasteiger partial charge in [0.05, 0.1) is 26.1 Å². The summed E-state index contributed by atoms with van der Waals surface area (Å²) in [5.41, 5.74) is 3.26. The van der Waals surface area contributed by atoms with E-state index in [2.05, 4.69) is 28.6 Å². The van der Waals surface area contributed by atoms with E-state index in [1.165, 1.54) is 0 Å². The van der Waals surface area contributed by atoms with Gasteiger partial charge >= 0.3 is 0 Å². The third-order valence-corrected chi connectivity index (χ3v) is 5.37. The van der Waals surface area contributed by atoms with E-state index in [1.807, 2.05) is 12.1 Å². The number of hydrogen-bond acceptors (Lipinski definition) is 5. The highest BCUT2D eigenvalue weighted by Crippen LogP contribution is 2.33. The lowest BCUT2D eigenvalue weighted by molar-refractivity contribution is 0.147. The van der Waals surface area contributed by atoms with Crippen LogP contribution in [0.1, 0.15) is 35.6 Å². The fourth-order valence-corrected chi connectivity index (χ4v) is 3.95. The van der Waals surface area contributed by atoms with Gasteiger partial charge in [-0.3, -0.25) is 0 Å². The number of nitrogens with one attached hydrogen (secondary N) is 1. The molecule has 1 aromatic heterocycles. The second-order valence-corrected chi connectivity index (χ2v) is 7.04. The van der Waals surface area contributed by atoms with Gasteiger partial charge in [-0.25, -0.2) is 0 Å². The maximum Gasteiger partial charge on any atom is 0.161 e. The van der Waals surface area contributed by atoms with Crippen molar-refractivity contribution in [3.8, 4) is 11.5 Å². The molecule has 3 aromatic rings. The van der Waals surface area contributed by atoms with Crippen molar-refractivity contribution in [2.75, 3.05) is 27.3 Å². The highest BCUT2D eigenvalue weighted by molar-refractivity contribution is 5.86. The molecule has 2 aromatic carbocycles. The zero-order valence-electron chi connectivity index (χ0n) is 15.7. The summed E-state index contributed by atoms with van der Waals surface area (Å²) in [5, 5.41) is 19.8. The smallest absolute Gasteiger partial charge is 0.161 e. The Morgan fingerprint density at radius 1 is 1.07 bits per heavy atom. The summed E-state index contributed by atoms with van der Waals surface area (Å²) in [6.45, 7) is 2.02. The molecular formula is C21H25N3O3. The second kappa shape index (κ2) is 7.48. The van der Waals surface area contributed by atoms with Gasteiger partial charge in [-0.2, -0.15) is 0 Å². The van der Waals surface area contributed by atoms with Crippen molar-refractivity contribution < 1.29 is 14.7 Å². The van der Waals surface area contributed by atoms with Crippen molar-refractivity contribution in [1.29, 1.82) is 0 Å². The highest BCUT2D eigenvalue weighted by Gasteiger charge is 2.21. The molecule has 0 unspecified atom stereocenters. The Hall–Kier alpha value is -2.73. The first kappa shape index (κ1) is 17.7. The topological polar surface area (TPSA) is 68.5 Å². The van der Waals surface area contributed by atoms with Crippen LogP contribution >= 0.6 is 0 Å². The fourth-order valence-electron chi connectivity index (χ4n) is 3.95. The second-order valence-electron chi connectivity index (χ2n) is 7.04. The SMILES string of the molecule is COc1cc2ccc(Cc3nn(O)cc3C3CCNCC3)cc2cc1OC. The number of nitrogens with zero attached hydrogens (tertiary/aromatic N) is 2. The van der Waals surface area contributed by atoms with Gasteiger partial charge in [0.25, 0.3) is 0 Å². The predicted molar refractivity (Wildman–Crippen MR) is 104 cm³/mol. The minimum Gasteiger partial charge on any atom is -0.493 e. The molecule has 0 amide bonds. The van der Waals surface area contributed by atoms with Crippen molar-refractivity contribution in [2.45, 2.75) is 25.2 Å². The summed E-state index contributed by atoms with van der Waals surface area (Å²) in [6, 6.07) is 10.3. The molecule has 0 atom stereocenters. The lowest BCUT2D eigenvalue weighted by Gasteiger charge is -2.22. The number of rotatable bonds is 5. The van der Waals surface area contributed by atoms with Crippen LogP contribution in [0.5, 0.6) is 11.5 Å². The maximum absolute atomic E-state index is 9.90. The molecule has 1 saturated heterocycles. The molecule has 2 heterocycles. The summed E-state index contributed by atoms with van der Waals surface area (Å²) in [5.74, 6) is 1.90. The molecule has 6 heteroatoms. The number of piperidine rings is 1. The highest BCUT2D eigenvalue weighted by atomic mass is 16.5. The Balaban J connectivity index is 1.65. The number of fused-ring (bicyclic) bond motifs is 1. The standard InChI is InChI=1S/C21H25N3O3/c1-26-20-11-16-4-3-14(9-17(16)12-21(20)27-2)10-19-18(13-24(25)23-19)15-5-7-22-8-6-15/h3-4,9,11-13,15,22,25H,5-8,10H2,1-2H3. The monoisotopic (exact) mass is 367 g/mol. The summed E-state index contributed by atoms with van der Waals surface area (Å²) < 4.78 is 10.8. The lowest BCUT2D eigenvalue weighted by Crippen LogP contribution is -2.26. The van der Waals surface area contributed by atoms with E-state index < -0.39 is 0 Å². The molecule has 4 rings (SSSR count). The molecule has 0 aliphatic carbocycles. The quantitative estimate of drug-likeness (QED) is 0.677. The largest absolute Gasteiger partial charge is 0.493 e. The third-order valence-electron chi connectivity index (χ3n) is 5.37. The summed E-state index contributed by atoms with van der Waals surface area (Å²) in [7, 11) is 3.29. The van der Waals surface area contributed by atoms with E-state index in [-0.39, 0.29) is 0 Å². The van der Waals surface area contributed by atoms with E-state index in [1.54, 1.807) is 20.4 Å². The van der Waals surface area contributed by atoms with Crippen LogP contribution in [0, 0.1) is 0 Å². The Kier molecular flexibility index (Phi) is 4.90. The van der Waals surface area contributed by atoms with Crippen LogP contribution in [0.2, 0.25) is 0 Å². The Morgan fingerprint density at radius 3 is 2.48 bits per heavy atom. The van der Waals surface area contributed by atoms with Crippen LogP contribution < -0.4 is 14.8 Å². The van der Waals surface area contributed by atoms with E-state index in [0.29, 0.717) is 12.3 Å².